The molecular weight excluding hydrogens is 460 g/mol. The summed E-state index contributed by atoms with van der Waals surface area (Å²) in [5.74, 6) is 0.460. The van der Waals surface area contributed by atoms with E-state index in [1.54, 1.807) is 6.20 Å². The molecule has 3 heterocycles. The van der Waals surface area contributed by atoms with E-state index in [-0.39, 0.29) is 11.8 Å². The second-order valence-corrected chi connectivity index (χ2v) is 9.99. The molecule has 1 atom stereocenters. The quantitative estimate of drug-likeness (QED) is 0.391. The van der Waals surface area contributed by atoms with Crippen LogP contribution in [-0.4, -0.2) is 34.8 Å². The molecule has 1 aromatic heterocycles. The summed E-state index contributed by atoms with van der Waals surface area (Å²) in [5, 5.41) is 7.49. The van der Waals surface area contributed by atoms with Gasteiger partial charge in [-0.3, -0.25) is 14.6 Å². The number of benzene rings is 3. The molecule has 2 amide bonds. The van der Waals surface area contributed by atoms with Gasteiger partial charge in [0.05, 0.1) is 11.2 Å². The predicted octanol–water partition coefficient (Wildman–Crippen LogP) is 5.44. The molecule has 0 saturated carbocycles. The number of para-hydroxylation sites is 2. The first-order valence-corrected chi connectivity index (χ1v) is 13.0. The van der Waals surface area contributed by atoms with Gasteiger partial charge in [-0.05, 0) is 66.1 Å². The molecule has 6 heteroatoms. The third-order valence-electron chi connectivity index (χ3n) is 7.64. The summed E-state index contributed by atoms with van der Waals surface area (Å²) in [7, 11) is 0. The highest BCUT2D eigenvalue weighted by Crippen LogP contribution is 2.29. The standard InChI is InChI=1S/C31H30N4O2/c36-30(13-12-21-18-23-6-1-3-10-27(23)33-19-21)35-17-15-22-7-5-9-24(26(22)20-35)31(37)34-29-14-16-32-28-11-4-2-8-25(28)29/h1-11,14,16,21,33H,12-13,15,17-20H2,(H,32,34,37). The van der Waals surface area contributed by atoms with Crippen LogP contribution in [0.1, 0.15) is 39.9 Å². The van der Waals surface area contributed by atoms with Crippen LogP contribution in [0.25, 0.3) is 10.9 Å². The van der Waals surface area contributed by atoms with Crippen LogP contribution in [0.3, 0.4) is 0 Å². The summed E-state index contributed by atoms with van der Waals surface area (Å²) >= 11 is 0. The van der Waals surface area contributed by atoms with Crippen LogP contribution < -0.4 is 10.6 Å². The van der Waals surface area contributed by atoms with Gasteiger partial charge in [0, 0.05) is 48.9 Å². The van der Waals surface area contributed by atoms with Crippen LogP contribution in [0.2, 0.25) is 0 Å². The van der Waals surface area contributed by atoms with Crippen LogP contribution in [-0.2, 0) is 24.2 Å². The van der Waals surface area contributed by atoms with Crippen LogP contribution >= 0.6 is 0 Å². The van der Waals surface area contributed by atoms with Crippen molar-refractivity contribution in [2.45, 2.75) is 32.2 Å². The van der Waals surface area contributed by atoms with Crippen molar-refractivity contribution in [2.75, 3.05) is 23.7 Å². The second kappa shape index (κ2) is 10.1. The van der Waals surface area contributed by atoms with E-state index in [4.69, 9.17) is 0 Å². The van der Waals surface area contributed by atoms with Crippen molar-refractivity contribution < 1.29 is 9.59 Å². The molecule has 2 aliphatic heterocycles. The largest absolute Gasteiger partial charge is 0.385 e. The average molecular weight is 491 g/mol. The van der Waals surface area contributed by atoms with E-state index in [2.05, 4.69) is 45.9 Å². The van der Waals surface area contributed by atoms with Crippen LogP contribution in [0.15, 0.2) is 79.0 Å². The molecule has 3 aromatic carbocycles. The molecule has 4 aromatic rings. The molecule has 37 heavy (non-hydrogen) atoms. The van der Waals surface area contributed by atoms with Gasteiger partial charge in [0.2, 0.25) is 5.91 Å². The number of fused-ring (bicyclic) bond motifs is 3. The summed E-state index contributed by atoms with van der Waals surface area (Å²) < 4.78 is 0. The number of aromatic nitrogens is 1. The molecular formula is C31H30N4O2. The van der Waals surface area contributed by atoms with Crippen molar-refractivity contribution in [1.82, 2.24) is 9.88 Å². The Morgan fingerprint density at radius 1 is 0.973 bits per heavy atom. The van der Waals surface area contributed by atoms with Crippen LogP contribution in [0.4, 0.5) is 11.4 Å². The summed E-state index contributed by atoms with van der Waals surface area (Å²) in [4.78, 5) is 32.9. The first kappa shape index (κ1) is 23.2. The number of carbonyl (C=O) groups excluding carboxylic acids is 2. The van der Waals surface area contributed by atoms with E-state index in [9.17, 15) is 9.59 Å². The van der Waals surface area contributed by atoms with E-state index >= 15 is 0 Å². The van der Waals surface area contributed by atoms with Crippen molar-refractivity contribution in [3.05, 3.63) is 101 Å². The molecule has 0 radical (unpaired) electrons. The maximum atomic E-state index is 13.4. The molecule has 0 aliphatic carbocycles. The Hall–Kier alpha value is -4.19. The Labute approximate surface area is 216 Å². The van der Waals surface area contributed by atoms with Gasteiger partial charge in [0.1, 0.15) is 0 Å². The molecule has 0 spiro atoms. The monoisotopic (exact) mass is 490 g/mol. The minimum Gasteiger partial charge on any atom is -0.385 e. The topological polar surface area (TPSA) is 74.3 Å². The second-order valence-electron chi connectivity index (χ2n) is 9.99. The number of pyridine rings is 1. The smallest absolute Gasteiger partial charge is 0.256 e. The van der Waals surface area contributed by atoms with E-state index in [0.29, 0.717) is 31.0 Å². The number of hydrogen-bond donors (Lipinski definition) is 2. The first-order valence-electron chi connectivity index (χ1n) is 13.0. The summed E-state index contributed by atoms with van der Waals surface area (Å²) in [6.07, 6.45) is 4.87. The Morgan fingerprint density at radius 3 is 2.76 bits per heavy atom. The maximum Gasteiger partial charge on any atom is 0.256 e. The van der Waals surface area contributed by atoms with E-state index < -0.39 is 0 Å². The predicted molar refractivity (Wildman–Crippen MR) is 147 cm³/mol. The fourth-order valence-electron chi connectivity index (χ4n) is 5.60. The SMILES string of the molecule is O=C(Nc1ccnc2ccccc12)c1cccc2c1CN(C(=O)CCC1CNc3ccccc3C1)CC2. The van der Waals surface area contributed by atoms with Gasteiger partial charge in [0.15, 0.2) is 0 Å². The minimum absolute atomic E-state index is 0.158. The lowest BCUT2D eigenvalue weighted by molar-refractivity contribution is -0.132. The molecule has 2 aliphatic rings. The summed E-state index contributed by atoms with van der Waals surface area (Å²) in [5.41, 5.74) is 6.84. The Bertz CT molecular complexity index is 1480. The highest BCUT2D eigenvalue weighted by Gasteiger charge is 2.26. The molecule has 2 N–H and O–H groups in total. The number of nitrogens with zero attached hydrogens (tertiary/aromatic N) is 2. The molecule has 186 valence electrons. The lowest BCUT2D eigenvalue weighted by atomic mass is 9.90. The fraction of sp³-hybridized carbons (Fsp3) is 0.258. The number of hydrogen-bond acceptors (Lipinski definition) is 4. The normalized spacial score (nSPS) is 16.4. The number of amides is 2. The Balaban J connectivity index is 1.13. The van der Waals surface area contributed by atoms with Crippen molar-refractivity contribution in [2.24, 2.45) is 5.92 Å². The highest BCUT2D eigenvalue weighted by atomic mass is 16.2. The van der Waals surface area contributed by atoms with Gasteiger partial charge >= 0.3 is 0 Å². The lowest BCUT2D eigenvalue weighted by Gasteiger charge is -2.31. The zero-order valence-corrected chi connectivity index (χ0v) is 20.7. The summed E-state index contributed by atoms with van der Waals surface area (Å²) in [6, 6.07) is 23.9. The third kappa shape index (κ3) is 4.79. The lowest BCUT2D eigenvalue weighted by Crippen LogP contribution is -2.37. The van der Waals surface area contributed by atoms with Gasteiger partial charge in [-0.25, -0.2) is 0 Å². The van der Waals surface area contributed by atoms with Gasteiger partial charge < -0.3 is 15.5 Å². The average Bonchev–Trinajstić information content (AvgIpc) is 2.95. The van der Waals surface area contributed by atoms with Crippen molar-refractivity contribution in [3.63, 3.8) is 0 Å². The number of carbonyl (C=O) groups is 2. The van der Waals surface area contributed by atoms with E-state index in [0.717, 1.165) is 53.5 Å². The molecule has 1 unspecified atom stereocenters. The number of nitrogens with one attached hydrogen (secondary N) is 2. The van der Waals surface area contributed by atoms with E-state index in [1.807, 2.05) is 47.4 Å². The van der Waals surface area contributed by atoms with Gasteiger partial charge in [-0.15, -0.1) is 0 Å². The Morgan fingerprint density at radius 2 is 1.81 bits per heavy atom. The zero-order chi connectivity index (χ0) is 25.2. The number of rotatable bonds is 5. The molecule has 0 bridgehead atoms. The third-order valence-corrected chi connectivity index (χ3v) is 7.64. The zero-order valence-electron chi connectivity index (χ0n) is 20.7. The highest BCUT2D eigenvalue weighted by molar-refractivity contribution is 6.09. The van der Waals surface area contributed by atoms with Crippen molar-refractivity contribution in [1.29, 1.82) is 0 Å². The van der Waals surface area contributed by atoms with Crippen molar-refractivity contribution in [3.8, 4) is 0 Å². The fourth-order valence-corrected chi connectivity index (χ4v) is 5.60. The molecule has 6 rings (SSSR count). The number of anilines is 2. The minimum atomic E-state index is -0.158. The molecule has 0 fully saturated rings. The summed E-state index contributed by atoms with van der Waals surface area (Å²) in [6.45, 7) is 2.07. The van der Waals surface area contributed by atoms with E-state index in [1.165, 1.54) is 11.3 Å². The van der Waals surface area contributed by atoms with Crippen molar-refractivity contribution >= 4 is 34.1 Å². The first-order chi connectivity index (χ1) is 18.2. The Kier molecular flexibility index (Phi) is 6.31. The van der Waals surface area contributed by atoms with Crippen LogP contribution in [0.5, 0.6) is 0 Å². The molecule has 0 saturated heterocycles. The maximum absolute atomic E-state index is 13.4. The molecule has 6 nitrogen and oxygen atoms in total. The van der Waals surface area contributed by atoms with Gasteiger partial charge in [-0.2, -0.15) is 0 Å². The van der Waals surface area contributed by atoms with Gasteiger partial charge in [-0.1, -0.05) is 48.5 Å². The van der Waals surface area contributed by atoms with Crippen LogP contribution in [0, 0.1) is 5.92 Å². The van der Waals surface area contributed by atoms with Gasteiger partial charge in [0.25, 0.3) is 5.91 Å².